The van der Waals surface area contributed by atoms with E-state index in [0.29, 0.717) is 25.4 Å². The number of hydrogen-bond donors (Lipinski definition) is 0. The van der Waals surface area contributed by atoms with E-state index in [4.69, 9.17) is 4.74 Å². The number of nitro benzene ring substituents is 1. The Kier molecular flexibility index (Phi) is 4.30. The summed E-state index contributed by atoms with van der Waals surface area (Å²) in [5.74, 6) is 0. The quantitative estimate of drug-likeness (QED) is 0.639. The molecule has 2 aromatic rings. The molecule has 0 saturated carbocycles. The number of para-hydroxylation sites is 1. The van der Waals surface area contributed by atoms with Gasteiger partial charge in [0.15, 0.2) is 0 Å². The third kappa shape index (κ3) is 3.05. The van der Waals surface area contributed by atoms with Crippen LogP contribution < -0.4 is 4.90 Å². The average Bonchev–Trinajstić information content (AvgIpc) is 2.55. The molecule has 5 heteroatoms. The molecule has 0 radical (unpaired) electrons. The molecule has 0 amide bonds. The molecule has 3 rings (SSSR count). The van der Waals surface area contributed by atoms with Gasteiger partial charge in [-0.15, -0.1) is 0 Å². The van der Waals surface area contributed by atoms with Crippen LogP contribution in [0.15, 0.2) is 42.5 Å². The average molecular weight is 312 g/mol. The largest absolute Gasteiger partial charge is 0.370 e. The molecule has 0 bridgehead atoms. The van der Waals surface area contributed by atoms with Crippen molar-refractivity contribution in [2.24, 2.45) is 0 Å². The summed E-state index contributed by atoms with van der Waals surface area (Å²) < 4.78 is 5.93. The maximum absolute atomic E-state index is 11.4. The van der Waals surface area contributed by atoms with Gasteiger partial charge in [-0.25, -0.2) is 0 Å². The predicted octanol–water partition coefficient (Wildman–Crippen LogP) is 3.79. The van der Waals surface area contributed by atoms with E-state index in [9.17, 15) is 10.1 Å². The summed E-state index contributed by atoms with van der Waals surface area (Å²) >= 11 is 0. The van der Waals surface area contributed by atoms with Gasteiger partial charge in [0.2, 0.25) is 0 Å². The second-order valence-electron chi connectivity index (χ2n) is 5.86. The normalized spacial score (nSPS) is 18.0. The maximum atomic E-state index is 11.4. The molecule has 1 fully saturated rings. The molecule has 1 aliphatic heterocycles. The molecule has 5 nitrogen and oxygen atoms in total. The summed E-state index contributed by atoms with van der Waals surface area (Å²) in [6, 6.07) is 13.4. The zero-order valence-corrected chi connectivity index (χ0v) is 13.4. The smallest absolute Gasteiger partial charge is 0.292 e. The number of benzene rings is 2. The summed E-state index contributed by atoms with van der Waals surface area (Å²) in [4.78, 5) is 13.1. The number of ether oxygens (including phenoxy) is 1. The molecule has 1 atom stereocenters. The van der Waals surface area contributed by atoms with E-state index in [2.05, 4.69) is 24.0 Å². The minimum atomic E-state index is -0.305. The number of anilines is 1. The maximum Gasteiger partial charge on any atom is 0.292 e. The Labute approximate surface area is 135 Å². The fourth-order valence-electron chi connectivity index (χ4n) is 3.19. The molecule has 1 saturated heterocycles. The lowest BCUT2D eigenvalue weighted by molar-refractivity contribution is -0.384. The molecular weight excluding hydrogens is 292 g/mol. The lowest BCUT2D eigenvalue weighted by Crippen LogP contribution is -2.39. The Hall–Kier alpha value is -2.40. The van der Waals surface area contributed by atoms with Crippen LogP contribution in [0.3, 0.4) is 0 Å². The van der Waals surface area contributed by atoms with Crippen LogP contribution in [0.5, 0.6) is 0 Å². The highest BCUT2D eigenvalue weighted by atomic mass is 16.6. The first-order valence-corrected chi connectivity index (χ1v) is 7.74. The van der Waals surface area contributed by atoms with Crippen LogP contribution in [0.2, 0.25) is 0 Å². The molecule has 0 aromatic heterocycles. The zero-order chi connectivity index (χ0) is 16.4. The summed E-state index contributed by atoms with van der Waals surface area (Å²) in [5, 5.41) is 11.4. The molecule has 1 aliphatic rings. The molecule has 0 aliphatic carbocycles. The third-order valence-corrected chi connectivity index (χ3v) is 4.33. The van der Waals surface area contributed by atoms with Crippen molar-refractivity contribution in [1.29, 1.82) is 0 Å². The van der Waals surface area contributed by atoms with Crippen molar-refractivity contribution in [3.05, 3.63) is 69.3 Å². The summed E-state index contributed by atoms with van der Waals surface area (Å²) in [6.07, 6.45) is -0.0656. The van der Waals surface area contributed by atoms with E-state index in [1.807, 2.05) is 25.1 Å². The van der Waals surface area contributed by atoms with Crippen molar-refractivity contribution in [3.63, 3.8) is 0 Å². The summed E-state index contributed by atoms with van der Waals surface area (Å²) in [5.41, 5.74) is 4.12. The van der Waals surface area contributed by atoms with Gasteiger partial charge in [0.1, 0.15) is 11.8 Å². The Morgan fingerprint density at radius 3 is 2.61 bits per heavy atom. The van der Waals surface area contributed by atoms with Crippen LogP contribution in [0, 0.1) is 24.0 Å². The van der Waals surface area contributed by atoms with Gasteiger partial charge in [-0.3, -0.25) is 10.1 Å². The Balaban J connectivity index is 1.94. The first-order chi connectivity index (χ1) is 11.1. The van der Waals surface area contributed by atoms with Crippen molar-refractivity contribution < 1.29 is 9.66 Å². The highest BCUT2D eigenvalue weighted by Crippen LogP contribution is 2.35. The first-order valence-electron chi connectivity index (χ1n) is 7.74. The van der Waals surface area contributed by atoms with Crippen LogP contribution in [-0.4, -0.2) is 24.6 Å². The standard InChI is InChI=1S/C18H20N2O3/c1-13-6-3-4-8-15(13)17-12-19(10-11-23-17)18-14(2)7-5-9-16(18)20(21)22/h3-9,17H,10-12H2,1-2H3. The number of nitrogens with zero attached hydrogens (tertiary/aromatic N) is 2. The molecule has 1 heterocycles. The van der Waals surface area contributed by atoms with E-state index in [0.717, 1.165) is 11.1 Å². The highest BCUT2D eigenvalue weighted by Gasteiger charge is 2.28. The van der Waals surface area contributed by atoms with Gasteiger partial charge in [0.25, 0.3) is 5.69 Å². The van der Waals surface area contributed by atoms with Crippen LogP contribution in [0.25, 0.3) is 0 Å². The lowest BCUT2D eigenvalue weighted by Gasteiger charge is -2.35. The molecule has 0 N–H and O–H groups in total. The number of aryl methyl sites for hydroxylation is 2. The number of hydrogen-bond acceptors (Lipinski definition) is 4. The minimum absolute atomic E-state index is 0.0656. The molecule has 120 valence electrons. The number of nitro groups is 1. The lowest BCUT2D eigenvalue weighted by atomic mass is 10.0. The van der Waals surface area contributed by atoms with Crippen molar-refractivity contribution in [1.82, 2.24) is 0 Å². The summed E-state index contributed by atoms with van der Waals surface area (Å²) in [7, 11) is 0. The fourth-order valence-corrected chi connectivity index (χ4v) is 3.19. The van der Waals surface area contributed by atoms with Crippen molar-refractivity contribution in [2.75, 3.05) is 24.6 Å². The van der Waals surface area contributed by atoms with Gasteiger partial charge in [0, 0.05) is 19.2 Å². The topological polar surface area (TPSA) is 55.6 Å². The minimum Gasteiger partial charge on any atom is -0.370 e. The van der Waals surface area contributed by atoms with E-state index < -0.39 is 0 Å². The second kappa shape index (κ2) is 6.38. The molecule has 2 aromatic carbocycles. The predicted molar refractivity (Wildman–Crippen MR) is 89.9 cm³/mol. The SMILES string of the molecule is Cc1ccccc1C1CN(c2c(C)cccc2[N+](=O)[O-])CCO1. The summed E-state index contributed by atoms with van der Waals surface area (Å²) in [6.45, 7) is 5.82. The van der Waals surface area contributed by atoms with E-state index in [1.165, 1.54) is 5.56 Å². The molecule has 0 spiro atoms. The van der Waals surface area contributed by atoms with Crippen LogP contribution in [0.4, 0.5) is 11.4 Å². The van der Waals surface area contributed by atoms with Gasteiger partial charge in [-0.2, -0.15) is 0 Å². The Morgan fingerprint density at radius 2 is 1.87 bits per heavy atom. The third-order valence-electron chi connectivity index (χ3n) is 4.33. The monoisotopic (exact) mass is 312 g/mol. The fraction of sp³-hybridized carbons (Fsp3) is 0.333. The van der Waals surface area contributed by atoms with Crippen LogP contribution >= 0.6 is 0 Å². The Morgan fingerprint density at radius 1 is 1.13 bits per heavy atom. The highest BCUT2D eigenvalue weighted by molar-refractivity contribution is 5.68. The van der Waals surface area contributed by atoms with E-state index in [-0.39, 0.29) is 16.7 Å². The van der Waals surface area contributed by atoms with Gasteiger partial charge in [-0.1, -0.05) is 36.4 Å². The number of rotatable bonds is 3. The molecule has 1 unspecified atom stereocenters. The van der Waals surface area contributed by atoms with Gasteiger partial charge < -0.3 is 9.64 Å². The molecular formula is C18H20N2O3. The van der Waals surface area contributed by atoms with Gasteiger partial charge in [-0.05, 0) is 30.5 Å². The van der Waals surface area contributed by atoms with Gasteiger partial charge in [0.05, 0.1) is 11.5 Å². The van der Waals surface area contributed by atoms with E-state index >= 15 is 0 Å². The Bertz CT molecular complexity index is 730. The van der Waals surface area contributed by atoms with E-state index in [1.54, 1.807) is 12.1 Å². The van der Waals surface area contributed by atoms with Crippen molar-refractivity contribution in [2.45, 2.75) is 20.0 Å². The van der Waals surface area contributed by atoms with Crippen molar-refractivity contribution in [3.8, 4) is 0 Å². The number of morpholine rings is 1. The van der Waals surface area contributed by atoms with Gasteiger partial charge >= 0.3 is 0 Å². The van der Waals surface area contributed by atoms with Crippen LogP contribution in [0.1, 0.15) is 22.8 Å². The first kappa shape index (κ1) is 15.5. The van der Waals surface area contributed by atoms with Crippen molar-refractivity contribution >= 4 is 11.4 Å². The molecule has 23 heavy (non-hydrogen) atoms. The second-order valence-corrected chi connectivity index (χ2v) is 5.86. The van der Waals surface area contributed by atoms with Crippen LogP contribution in [-0.2, 0) is 4.74 Å². The zero-order valence-electron chi connectivity index (χ0n) is 13.4.